The van der Waals surface area contributed by atoms with Gasteiger partial charge in [0.2, 0.25) is 0 Å². The van der Waals surface area contributed by atoms with E-state index in [1.165, 1.54) is 5.56 Å². The van der Waals surface area contributed by atoms with Crippen LogP contribution < -0.4 is 0 Å². The average molecular weight is 233 g/mol. The fraction of sp³-hybridized carbons (Fsp3) is 0.333. The molecule has 0 radical (unpaired) electrons. The van der Waals surface area contributed by atoms with E-state index in [1.54, 1.807) is 0 Å². The zero-order valence-electron chi connectivity index (χ0n) is 9.69. The Hall–Kier alpha value is -1.42. The van der Waals surface area contributed by atoms with Gasteiger partial charge in [0.25, 0.3) is 0 Å². The molecule has 0 saturated heterocycles. The Morgan fingerprint density at radius 3 is 2.31 bits per heavy atom. The Labute approximate surface area is 100 Å². The van der Waals surface area contributed by atoms with Crippen molar-refractivity contribution in [3.8, 4) is 11.4 Å². The van der Waals surface area contributed by atoms with Crippen molar-refractivity contribution in [2.75, 3.05) is 0 Å². The maximum atomic E-state index is 5.09. The van der Waals surface area contributed by atoms with E-state index in [4.69, 9.17) is 12.2 Å². The second kappa shape index (κ2) is 4.22. The van der Waals surface area contributed by atoms with Gasteiger partial charge in [0.1, 0.15) is 0 Å². The Kier molecular flexibility index (Phi) is 2.92. The maximum Gasteiger partial charge on any atom is 0.195 e. The third kappa shape index (κ3) is 1.93. The van der Waals surface area contributed by atoms with Gasteiger partial charge in [-0.2, -0.15) is 5.10 Å². The highest BCUT2D eigenvalue weighted by molar-refractivity contribution is 7.71. The first-order chi connectivity index (χ1) is 7.59. The Morgan fingerprint density at radius 2 is 1.88 bits per heavy atom. The van der Waals surface area contributed by atoms with E-state index in [2.05, 4.69) is 48.3 Å². The normalized spacial score (nSPS) is 11.0. The average Bonchev–Trinajstić information content (AvgIpc) is 2.60. The molecule has 0 saturated carbocycles. The van der Waals surface area contributed by atoms with Gasteiger partial charge < -0.3 is 4.57 Å². The molecule has 0 amide bonds. The molecule has 16 heavy (non-hydrogen) atoms. The molecule has 0 aliphatic carbocycles. The molecule has 3 nitrogen and oxygen atoms in total. The summed E-state index contributed by atoms with van der Waals surface area (Å²) in [4.78, 5) is 0. The van der Waals surface area contributed by atoms with E-state index in [0.717, 1.165) is 11.4 Å². The molecule has 1 N–H and O–H groups in total. The summed E-state index contributed by atoms with van der Waals surface area (Å²) in [7, 11) is 1.91. The molecule has 0 bridgehead atoms. The number of hydrogen-bond donors (Lipinski definition) is 1. The van der Waals surface area contributed by atoms with Crippen LogP contribution in [0.3, 0.4) is 0 Å². The van der Waals surface area contributed by atoms with E-state index in [1.807, 2.05) is 11.6 Å². The zero-order valence-corrected chi connectivity index (χ0v) is 10.5. The number of aromatic nitrogens is 3. The summed E-state index contributed by atoms with van der Waals surface area (Å²) < 4.78 is 2.52. The number of H-pyrrole nitrogens is 1. The van der Waals surface area contributed by atoms with Crippen molar-refractivity contribution in [1.29, 1.82) is 0 Å². The molecule has 1 aromatic heterocycles. The number of nitrogens with zero attached hydrogens (tertiary/aromatic N) is 2. The SMILES string of the molecule is CC(C)c1ccc(-c2n[nH]c(=S)n2C)cc1. The molecule has 1 heterocycles. The van der Waals surface area contributed by atoms with Gasteiger partial charge in [0.15, 0.2) is 10.6 Å². The van der Waals surface area contributed by atoms with Gasteiger partial charge in [-0.1, -0.05) is 38.1 Å². The quantitative estimate of drug-likeness (QED) is 0.808. The monoisotopic (exact) mass is 233 g/mol. The molecular formula is C12H15N3S. The van der Waals surface area contributed by atoms with Crippen LogP contribution in [0.5, 0.6) is 0 Å². The highest BCUT2D eigenvalue weighted by atomic mass is 32.1. The van der Waals surface area contributed by atoms with Crippen LogP contribution in [-0.2, 0) is 7.05 Å². The van der Waals surface area contributed by atoms with Crippen LogP contribution in [0.25, 0.3) is 11.4 Å². The number of benzene rings is 1. The first-order valence-electron chi connectivity index (χ1n) is 5.31. The zero-order chi connectivity index (χ0) is 11.7. The van der Waals surface area contributed by atoms with Crippen molar-refractivity contribution >= 4 is 12.2 Å². The van der Waals surface area contributed by atoms with Gasteiger partial charge in [-0.15, -0.1) is 0 Å². The summed E-state index contributed by atoms with van der Waals surface area (Å²) in [6.07, 6.45) is 0. The van der Waals surface area contributed by atoms with Gasteiger partial charge in [-0.3, -0.25) is 5.10 Å². The first kappa shape index (κ1) is 11.1. The Balaban J connectivity index is 2.42. The van der Waals surface area contributed by atoms with Crippen molar-refractivity contribution < 1.29 is 0 Å². The van der Waals surface area contributed by atoms with E-state index < -0.39 is 0 Å². The van der Waals surface area contributed by atoms with Crippen molar-refractivity contribution in [1.82, 2.24) is 14.8 Å². The molecule has 2 rings (SSSR count). The number of nitrogens with one attached hydrogen (secondary N) is 1. The largest absolute Gasteiger partial charge is 0.303 e. The minimum Gasteiger partial charge on any atom is -0.303 e. The highest BCUT2D eigenvalue weighted by Crippen LogP contribution is 2.20. The van der Waals surface area contributed by atoms with Gasteiger partial charge in [0, 0.05) is 12.6 Å². The van der Waals surface area contributed by atoms with Crippen LogP contribution in [0.1, 0.15) is 25.3 Å². The standard InChI is InChI=1S/C12H15N3S/c1-8(2)9-4-6-10(7-5-9)11-13-14-12(16)15(11)3/h4-8H,1-3H3,(H,14,16). The summed E-state index contributed by atoms with van der Waals surface area (Å²) in [6, 6.07) is 8.44. The van der Waals surface area contributed by atoms with Crippen molar-refractivity contribution in [3.05, 3.63) is 34.6 Å². The molecule has 0 aliphatic heterocycles. The molecule has 0 fully saturated rings. The summed E-state index contributed by atoms with van der Waals surface area (Å²) >= 11 is 5.09. The minimum atomic E-state index is 0.552. The summed E-state index contributed by atoms with van der Waals surface area (Å²) in [5.74, 6) is 1.43. The molecule has 0 aliphatic rings. The van der Waals surface area contributed by atoms with Crippen LogP contribution in [-0.4, -0.2) is 14.8 Å². The lowest BCUT2D eigenvalue weighted by Gasteiger charge is -2.06. The highest BCUT2D eigenvalue weighted by Gasteiger charge is 2.06. The second-order valence-corrected chi connectivity index (χ2v) is 4.57. The summed E-state index contributed by atoms with van der Waals surface area (Å²) in [5, 5.41) is 6.99. The van der Waals surface area contributed by atoms with Gasteiger partial charge >= 0.3 is 0 Å². The Morgan fingerprint density at radius 1 is 1.25 bits per heavy atom. The lowest BCUT2D eigenvalue weighted by molar-refractivity contribution is 0.865. The maximum absolute atomic E-state index is 5.09. The van der Waals surface area contributed by atoms with Gasteiger partial charge in [-0.05, 0) is 23.7 Å². The van der Waals surface area contributed by atoms with Crippen LogP contribution in [0, 0.1) is 4.77 Å². The topological polar surface area (TPSA) is 33.6 Å². The lowest BCUT2D eigenvalue weighted by atomic mass is 10.0. The van der Waals surface area contributed by atoms with Crippen LogP contribution in [0.4, 0.5) is 0 Å². The lowest BCUT2D eigenvalue weighted by Crippen LogP contribution is -1.93. The van der Waals surface area contributed by atoms with Crippen molar-refractivity contribution in [2.45, 2.75) is 19.8 Å². The third-order valence-electron chi connectivity index (χ3n) is 2.72. The Bertz CT molecular complexity index is 534. The fourth-order valence-corrected chi connectivity index (χ4v) is 1.75. The third-order valence-corrected chi connectivity index (χ3v) is 3.08. The van der Waals surface area contributed by atoms with Crippen LogP contribution in [0.2, 0.25) is 0 Å². The summed E-state index contributed by atoms with van der Waals surface area (Å²) in [5.41, 5.74) is 2.42. The molecular weight excluding hydrogens is 218 g/mol. The van der Waals surface area contributed by atoms with Gasteiger partial charge in [-0.25, -0.2) is 0 Å². The van der Waals surface area contributed by atoms with Gasteiger partial charge in [0.05, 0.1) is 0 Å². The molecule has 84 valence electrons. The predicted molar refractivity (Wildman–Crippen MR) is 67.9 cm³/mol. The van der Waals surface area contributed by atoms with E-state index in [9.17, 15) is 0 Å². The molecule has 1 aromatic carbocycles. The predicted octanol–water partition coefficient (Wildman–Crippen LogP) is 3.27. The molecule has 0 atom stereocenters. The summed E-state index contributed by atoms with van der Waals surface area (Å²) in [6.45, 7) is 4.37. The first-order valence-corrected chi connectivity index (χ1v) is 5.72. The smallest absolute Gasteiger partial charge is 0.195 e. The van der Waals surface area contributed by atoms with Crippen LogP contribution in [0.15, 0.2) is 24.3 Å². The van der Waals surface area contributed by atoms with Crippen molar-refractivity contribution in [3.63, 3.8) is 0 Å². The van der Waals surface area contributed by atoms with Crippen LogP contribution >= 0.6 is 12.2 Å². The number of aromatic amines is 1. The molecule has 4 heteroatoms. The fourth-order valence-electron chi connectivity index (χ4n) is 1.62. The molecule has 0 unspecified atom stereocenters. The molecule has 0 spiro atoms. The van der Waals surface area contributed by atoms with E-state index in [-0.39, 0.29) is 0 Å². The van der Waals surface area contributed by atoms with Crippen molar-refractivity contribution in [2.24, 2.45) is 7.05 Å². The molecule has 2 aromatic rings. The minimum absolute atomic E-state index is 0.552. The van der Waals surface area contributed by atoms with E-state index >= 15 is 0 Å². The van der Waals surface area contributed by atoms with E-state index in [0.29, 0.717) is 10.7 Å². The second-order valence-electron chi connectivity index (χ2n) is 4.19. The number of hydrogen-bond acceptors (Lipinski definition) is 2. The number of rotatable bonds is 2.